The molecule has 1 saturated heterocycles. The highest BCUT2D eigenvalue weighted by atomic mass is 32.2. The second kappa shape index (κ2) is 13.4. The Bertz CT molecular complexity index is 1200. The second-order valence-corrected chi connectivity index (χ2v) is 13.2. The predicted molar refractivity (Wildman–Crippen MR) is 149 cm³/mol. The molecule has 2 aliphatic rings. The number of benzene rings is 2. The number of carbonyl (C=O) groups excluding carboxylic acids is 1. The maximum absolute atomic E-state index is 13.6. The molecule has 0 amide bonds. The molecule has 6 atom stereocenters. The first-order valence-corrected chi connectivity index (χ1v) is 15.4. The van der Waals surface area contributed by atoms with Crippen LogP contribution in [0.4, 0.5) is 0 Å². The van der Waals surface area contributed by atoms with Crippen molar-refractivity contribution in [1.82, 2.24) is 4.31 Å². The molecule has 0 spiro atoms. The third-order valence-electron chi connectivity index (χ3n) is 7.77. The normalized spacial score (nSPS) is 24.2. The molecular formula is C30H41NO8S. The Morgan fingerprint density at radius 2 is 1.77 bits per heavy atom. The number of hydrogen-bond acceptors (Lipinski definition) is 8. The third-order valence-corrected chi connectivity index (χ3v) is 9.62. The molecule has 2 aromatic rings. The van der Waals surface area contributed by atoms with Gasteiger partial charge in [-0.15, -0.1) is 0 Å². The van der Waals surface area contributed by atoms with Crippen LogP contribution in [-0.2, 0) is 30.7 Å². The van der Waals surface area contributed by atoms with Crippen molar-refractivity contribution >= 4 is 16.0 Å². The fourth-order valence-corrected chi connectivity index (χ4v) is 7.36. The van der Waals surface area contributed by atoms with E-state index < -0.39 is 40.2 Å². The van der Waals surface area contributed by atoms with Gasteiger partial charge in [-0.2, -0.15) is 4.31 Å². The molecule has 1 heterocycles. The van der Waals surface area contributed by atoms with Gasteiger partial charge < -0.3 is 24.4 Å². The molecule has 1 aliphatic heterocycles. The molecule has 0 radical (unpaired) electrons. The van der Waals surface area contributed by atoms with Crippen LogP contribution < -0.4 is 4.74 Å². The molecule has 9 nitrogen and oxygen atoms in total. The van der Waals surface area contributed by atoms with Crippen molar-refractivity contribution in [1.29, 1.82) is 0 Å². The van der Waals surface area contributed by atoms with Crippen molar-refractivity contribution in [3.63, 3.8) is 0 Å². The van der Waals surface area contributed by atoms with Gasteiger partial charge in [0, 0.05) is 19.0 Å². The molecule has 1 aliphatic carbocycles. The number of aliphatic hydroxyl groups is 2. The molecule has 220 valence electrons. The van der Waals surface area contributed by atoms with Crippen LogP contribution >= 0.6 is 0 Å². The number of carbonyl (C=O) groups is 1. The molecule has 1 unspecified atom stereocenters. The highest BCUT2D eigenvalue weighted by Crippen LogP contribution is 2.38. The monoisotopic (exact) mass is 575 g/mol. The first-order valence-electron chi connectivity index (χ1n) is 13.9. The Morgan fingerprint density at radius 3 is 2.42 bits per heavy atom. The van der Waals surface area contributed by atoms with Gasteiger partial charge in [-0.05, 0) is 55.0 Å². The van der Waals surface area contributed by atoms with Gasteiger partial charge in [0.25, 0.3) is 0 Å². The lowest BCUT2D eigenvalue weighted by atomic mass is 9.90. The average Bonchev–Trinajstić information content (AvgIpc) is 3.50. The van der Waals surface area contributed by atoms with Crippen molar-refractivity contribution < 1.29 is 37.6 Å². The molecule has 4 rings (SSSR count). The number of ether oxygens (including phenoxy) is 3. The molecule has 0 aromatic heterocycles. The predicted octanol–water partition coefficient (Wildman–Crippen LogP) is 3.03. The van der Waals surface area contributed by atoms with Crippen LogP contribution in [-0.4, -0.2) is 80.1 Å². The number of fused-ring (bicyclic) bond motifs is 1. The fourth-order valence-electron chi connectivity index (χ4n) is 5.74. The van der Waals surface area contributed by atoms with Crippen LogP contribution in [0.3, 0.4) is 0 Å². The van der Waals surface area contributed by atoms with E-state index in [1.165, 1.54) is 23.5 Å². The largest absolute Gasteiger partial charge is 0.497 e. The van der Waals surface area contributed by atoms with Crippen LogP contribution in [0.2, 0.25) is 0 Å². The maximum atomic E-state index is 13.6. The van der Waals surface area contributed by atoms with Gasteiger partial charge in [-0.3, -0.25) is 4.79 Å². The van der Waals surface area contributed by atoms with Crippen LogP contribution in [0, 0.1) is 17.8 Å². The van der Waals surface area contributed by atoms with Gasteiger partial charge in [0.15, 0.2) is 0 Å². The Hall–Kier alpha value is -2.50. The van der Waals surface area contributed by atoms with Gasteiger partial charge >= 0.3 is 5.97 Å². The number of rotatable bonds is 13. The van der Waals surface area contributed by atoms with E-state index in [1.54, 1.807) is 12.1 Å². The second-order valence-electron chi connectivity index (χ2n) is 11.2. The summed E-state index contributed by atoms with van der Waals surface area (Å²) in [5.74, 6) is -0.748. The summed E-state index contributed by atoms with van der Waals surface area (Å²) in [6.45, 7) is 4.11. The molecule has 2 aromatic carbocycles. The zero-order chi connectivity index (χ0) is 28.9. The van der Waals surface area contributed by atoms with Crippen molar-refractivity contribution in [2.45, 2.75) is 68.8 Å². The zero-order valence-corrected chi connectivity index (χ0v) is 24.2. The van der Waals surface area contributed by atoms with E-state index >= 15 is 0 Å². The van der Waals surface area contributed by atoms with E-state index in [2.05, 4.69) is 0 Å². The van der Waals surface area contributed by atoms with Crippen molar-refractivity contribution in [2.24, 2.45) is 17.8 Å². The summed E-state index contributed by atoms with van der Waals surface area (Å²) in [5.41, 5.74) is 0.924. The van der Waals surface area contributed by atoms with Gasteiger partial charge in [0.2, 0.25) is 10.0 Å². The van der Waals surface area contributed by atoms with Crippen molar-refractivity contribution in [3.8, 4) is 5.75 Å². The van der Waals surface area contributed by atoms with Crippen molar-refractivity contribution in [3.05, 3.63) is 60.2 Å². The van der Waals surface area contributed by atoms with Crippen LogP contribution in [0.1, 0.15) is 38.7 Å². The Kier molecular flexibility index (Phi) is 10.2. The highest BCUT2D eigenvalue weighted by molar-refractivity contribution is 7.89. The molecular weight excluding hydrogens is 534 g/mol. The molecule has 2 N–H and O–H groups in total. The SMILES string of the molecule is COc1ccc(S(=O)(=O)N(CC(C)C)C[C@@H](O)[C@@H](CC(=O)O[C@H]2CC[C@H]3OC[C@@H](O)C23)Cc2ccccc2)cc1. The summed E-state index contributed by atoms with van der Waals surface area (Å²) in [5, 5.41) is 21.7. The van der Waals surface area contributed by atoms with Gasteiger partial charge in [-0.25, -0.2) is 8.42 Å². The summed E-state index contributed by atoms with van der Waals surface area (Å²) < 4.78 is 45.1. The van der Waals surface area contributed by atoms with Crippen LogP contribution in [0.25, 0.3) is 0 Å². The minimum Gasteiger partial charge on any atom is -0.497 e. The fraction of sp³-hybridized carbons (Fsp3) is 0.567. The quantitative estimate of drug-likeness (QED) is 0.350. The first-order chi connectivity index (χ1) is 19.1. The zero-order valence-electron chi connectivity index (χ0n) is 23.4. The first kappa shape index (κ1) is 30.5. The Labute approximate surface area is 237 Å². The number of methoxy groups -OCH3 is 1. The topological polar surface area (TPSA) is 123 Å². The van der Waals surface area contributed by atoms with E-state index in [0.717, 1.165) is 12.0 Å². The summed E-state index contributed by atoms with van der Waals surface area (Å²) >= 11 is 0. The minimum absolute atomic E-state index is 0.00753. The number of sulfonamides is 1. The lowest BCUT2D eigenvalue weighted by molar-refractivity contribution is -0.154. The maximum Gasteiger partial charge on any atom is 0.306 e. The van der Waals surface area contributed by atoms with E-state index in [4.69, 9.17) is 14.2 Å². The highest BCUT2D eigenvalue weighted by Gasteiger charge is 2.48. The standard InChI is InChI=1S/C30H41NO8S/c1-20(2)17-31(40(35,36)24-11-9-23(37-3)10-12-24)18-25(32)22(15-21-7-5-4-6-8-21)16-29(34)39-28-14-13-27-30(28)26(33)19-38-27/h4-12,20,22,25-28,30,32-33H,13-19H2,1-3H3/t22-,25-,26-,27-,28+,30?/m1/s1. The average molecular weight is 576 g/mol. The van der Waals surface area contributed by atoms with Crippen LogP contribution in [0.15, 0.2) is 59.5 Å². The summed E-state index contributed by atoms with van der Waals surface area (Å²) in [6, 6.07) is 15.6. The smallest absolute Gasteiger partial charge is 0.306 e. The van der Waals surface area contributed by atoms with E-state index in [-0.39, 0.29) is 49.0 Å². The molecule has 2 fully saturated rings. The number of hydrogen-bond donors (Lipinski definition) is 2. The molecule has 10 heteroatoms. The summed E-state index contributed by atoms with van der Waals surface area (Å²) in [6.07, 6.45) is -0.699. The van der Waals surface area contributed by atoms with E-state index in [1.807, 2.05) is 44.2 Å². The lowest BCUT2D eigenvalue weighted by Gasteiger charge is -2.30. The number of esters is 1. The molecule has 1 saturated carbocycles. The number of nitrogens with zero attached hydrogens (tertiary/aromatic N) is 1. The molecule has 0 bridgehead atoms. The Morgan fingerprint density at radius 1 is 1.07 bits per heavy atom. The Balaban J connectivity index is 1.51. The lowest BCUT2D eigenvalue weighted by Crippen LogP contribution is -2.43. The third kappa shape index (κ3) is 7.41. The summed E-state index contributed by atoms with van der Waals surface area (Å²) in [4.78, 5) is 13.2. The van der Waals surface area contributed by atoms with Crippen LogP contribution in [0.5, 0.6) is 5.75 Å². The van der Waals surface area contributed by atoms with Crippen molar-refractivity contribution in [2.75, 3.05) is 26.8 Å². The van der Waals surface area contributed by atoms with Gasteiger partial charge in [0.1, 0.15) is 11.9 Å². The number of aliphatic hydroxyl groups excluding tert-OH is 2. The van der Waals surface area contributed by atoms with E-state index in [0.29, 0.717) is 18.6 Å². The van der Waals surface area contributed by atoms with Gasteiger partial charge in [-0.1, -0.05) is 44.2 Å². The minimum atomic E-state index is -3.93. The van der Waals surface area contributed by atoms with E-state index in [9.17, 15) is 23.4 Å². The molecule has 40 heavy (non-hydrogen) atoms. The van der Waals surface area contributed by atoms with Gasteiger partial charge in [0.05, 0.1) is 49.3 Å². The summed E-state index contributed by atoms with van der Waals surface area (Å²) in [7, 11) is -2.41.